The van der Waals surface area contributed by atoms with Crippen LogP contribution in [-0.2, 0) is 10.0 Å². The second kappa shape index (κ2) is 6.17. The normalized spacial score (nSPS) is 11.2. The molecule has 0 bridgehead atoms. The van der Waals surface area contributed by atoms with Gasteiger partial charge in [0.2, 0.25) is 5.95 Å². The number of halogens is 2. The average molecular weight is 393 g/mol. The van der Waals surface area contributed by atoms with Gasteiger partial charge in [0.1, 0.15) is 15.8 Å². The first kappa shape index (κ1) is 16.0. The standard InChI is InChI=1S/C12H11BrClN3O3S/c1-7-5-11(14)16-12(15-7)17-21(18,19)10-6-8(13)3-4-9(10)20-2/h3-6H,1-2H3,(H,15,16,17). The van der Waals surface area contributed by atoms with E-state index in [2.05, 4.69) is 30.6 Å². The molecule has 1 N–H and O–H groups in total. The van der Waals surface area contributed by atoms with E-state index in [1.807, 2.05) is 0 Å². The molecule has 0 aliphatic rings. The van der Waals surface area contributed by atoms with Crippen molar-refractivity contribution in [2.24, 2.45) is 0 Å². The van der Waals surface area contributed by atoms with Crippen LogP contribution in [0.3, 0.4) is 0 Å². The topological polar surface area (TPSA) is 81.2 Å². The highest BCUT2D eigenvalue weighted by Crippen LogP contribution is 2.28. The second-order valence-corrected chi connectivity index (χ2v) is 7.01. The Bertz CT molecular complexity index is 763. The number of hydrogen-bond acceptors (Lipinski definition) is 5. The number of rotatable bonds is 4. The van der Waals surface area contributed by atoms with E-state index in [0.29, 0.717) is 10.2 Å². The van der Waals surface area contributed by atoms with E-state index < -0.39 is 10.0 Å². The summed E-state index contributed by atoms with van der Waals surface area (Å²) in [6, 6.07) is 6.18. The van der Waals surface area contributed by atoms with Crippen LogP contribution in [0.2, 0.25) is 5.15 Å². The molecule has 6 nitrogen and oxygen atoms in total. The van der Waals surface area contributed by atoms with Crippen LogP contribution in [-0.4, -0.2) is 25.5 Å². The van der Waals surface area contributed by atoms with Crippen molar-refractivity contribution in [3.63, 3.8) is 0 Å². The number of hydrogen-bond donors (Lipinski definition) is 1. The van der Waals surface area contributed by atoms with Crippen LogP contribution in [0.4, 0.5) is 5.95 Å². The van der Waals surface area contributed by atoms with Gasteiger partial charge in [-0.2, -0.15) is 0 Å². The highest BCUT2D eigenvalue weighted by Gasteiger charge is 2.21. The van der Waals surface area contributed by atoms with E-state index >= 15 is 0 Å². The molecule has 0 radical (unpaired) electrons. The molecule has 0 spiro atoms. The lowest BCUT2D eigenvalue weighted by Crippen LogP contribution is -2.16. The molecule has 0 saturated carbocycles. The molecule has 0 unspecified atom stereocenters. The van der Waals surface area contributed by atoms with Crippen LogP contribution >= 0.6 is 27.5 Å². The quantitative estimate of drug-likeness (QED) is 0.809. The van der Waals surface area contributed by atoms with E-state index in [0.717, 1.165) is 0 Å². The van der Waals surface area contributed by atoms with Crippen molar-refractivity contribution >= 4 is 43.5 Å². The first-order chi connectivity index (χ1) is 9.81. The average Bonchev–Trinajstić information content (AvgIpc) is 2.36. The minimum atomic E-state index is -3.90. The van der Waals surface area contributed by atoms with Gasteiger partial charge in [0, 0.05) is 10.2 Å². The largest absolute Gasteiger partial charge is 0.495 e. The third-order valence-corrected chi connectivity index (χ3v) is 4.50. The highest BCUT2D eigenvalue weighted by molar-refractivity contribution is 9.10. The zero-order valence-electron chi connectivity index (χ0n) is 11.1. The fourth-order valence-corrected chi connectivity index (χ4v) is 3.50. The number of nitrogens with zero attached hydrogens (tertiary/aromatic N) is 2. The van der Waals surface area contributed by atoms with E-state index in [9.17, 15) is 8.42 Å². The van der Waals surface area contributed by atoms with E-state index in [1.54, 1.807) is 19.1 Å². The summed E-state index contributed by atoms with van der Waals surface area (Å²) < 4.78 is 32.8. The Hall–Kier alpha value is -1.38. The molecule has 2 rings (SSSR count). The minimum Gasteiger partial charge on any atom is -0.495 e. The SMILES string of the molecule is COc1ccc(Br)cc1S(=O)(=O)Nc1nc(C)cc(Cl)n1. The molecule has 0 aliphatic carbocycles. The predicted molar refractivity (Wildman–Crippen MR) is 83.3 cm³/mol. The summed E-state index contributed by atoms with van der Waals surface area (Å²) in [5.41, 5.74) is 0.550. The molecule has 0 saturated heterocycles. The molecule has 1 aromatic heterocycles. The van der Waals surface area contributed by atoms with Gasteiger partial charge in [0.05, 0.1) is 7.11 Å². The van der Waals surface area contributed by atoms with Crippen LogP contribution in [0.5, 0.6) is 5.75 Å². The summed E-state index contributed by atoms with van der Waals surface area (Å²) >= 11 is 9.02. The number of benzene rings is 1. The summed E-state index contributed by atoms with van der Waals surface area (Å²) in [4.78, 5) is 7.79. The second-order valence-electron chi connectivity index (χ2n) is 4.06. The Morgan fingerprint density at radius 3 is 2.62 bits per heavy atom. The van der Waals surface area contributed by atoms with Gasteiger partial charge in [-0.1, -0.05) is 27.5 Å². The molecule has 1 aromatic carbocycles. The molecule has 0 aliphatic heterocycles. The lowest BCUT2D eigenvalue weighted by atomic mass is 10.3. The van der Waals surface area contributed by atoms with Crippen LogP contribution in [0, 0.1) is 6.92 Å². The Morgan fingerprint density at radius 2 is 2.00 bits per heavy atom. The molecular formula is C12H11BrClN3O3S. The first-order valence-electron chi connectivity index (χ1n) is 5.69. The van der Waals surface area contributed by atoms with Gasteiger partial charge >= 0.3 is 0 Å². The molecule has 21 heavy (non-hydrogen) atoms. The highest BCUT2D eigenvalue weighted by atomic mass is 79.9. The zero-order chi connectivity index (χ0) is 15.6. The zero-order valence-corrected chi connectivity index (χ0v) is 14.3. The van der Waals surface area contributed by atoms with E-state index in [-0.39, 0.29) is 21.7 Å². The summed E-state index contributed by atoms with van der Waals surface area (Å²) in [6.07, 6.45) is 0. The van der Waals surface area contributed by atoms with Crippen LogP contribution in [0.1, 0.15) is 5.69 Å². The monoisotopic (exact) mass is 391 g/mol. The molecule has 0 atom stereocenters. The Balaban J connectivity index is 2.45. The fourth-order valence-electron chi connectivity index (χ4n) is 1.61. The molecule has 112 valence electrons. The van der Waals surface area contributed by atoms with Crippen molar-refractivity contribution in [1.29, 1.82) is 0 Å². The third kappa shape index (κ3) is 3.84. The summed E-state index contributed by atoms with van der Waals surface area (Å²) in [5, 5.41) is 0.154. The minimum absolute atomic E-state index is 0.0272. The Kier molecular flexibility index (Phi) is 4.70. The maximum Gasteiger partial charge on any atom is 0.267 e. The summed E-state index contributed by atoms with van der Waals surface area (Å²) in [7, 11) is -2.51. The van der Waals surface area contributed by atoms with Crippen molar-refractivity contribution in [2.45, 2.75) is 11.8 Å². The number of anilines is 1. The smallest absolute Gasteiger partial charge is 0.267 e. The van der Waals surface area contributed by atoms with Gasteiger partial charge in [0.15, 0.2) is 0 Å². The molecule has 2 aromatic rings. The summed E-state index contributed by atoms with van der Waals surface area (Å²) in [5.74, 6) is 0.117. The maximum absolute atomic E-state index is 12.4. The number of nitrogens with one attached hydrogen (secondary N) is 1. The van der Waals surface area contributed by atoms with Crippen LogP contribution in [0.15, 0.2) is 33.6 Å². The molecule has 0 fully saturated rings. The number of sulfonamides is 1. The molecular weight excluding hydrogens is 382 g/mol. The fraction of sp³-hybridized carbons (Fsp3) is 0.167. The van der Waals surface area contributed by atoms with Gasteiger partial charge in [-0.3, -0.25) is 0 Å². The number of aryl methyl sites for hydroxylation is 1. The van der Waals surface area contributed by atoms with E-state index in [1.165, 1.54) is 19.2 Å². The van der Waals surface area contributed by atoms with Gasteiger partial charge in [0.25, 0.3) is 10.0 Å². The van der Waals surface area contributed by atoms with Gasteiger partial charge in [-0.15, -0.1) is 0 Å². The first-order valence-corrected chi connectivity index (χ1v) is 8.35. The molecule has 9 heteroatoms. The number of aromatic nitrogens is 2. The number of methoxy groups -OCH3 is 1. The third-order valence-electron chi connectivity index (χ3n) is 2.46. The Labute approximate surface area is 135 Å². The number of ether oxygens (including phenoxy) is 1. The van der Waals surface area contributed by atoms with Crippen LogP contribution < -0.4 is 9.46 Å². The maximum atomic E-state index is 12.4. The van der Waals surface area contributed by atoms with Gasteiger partial charge in [-0.25, -0.2) is 23.1 Å². The van der Waals surface area contributed by atoms with Crippen molar-refractivity contribution in [2.75, 3.05) is 11.8 Å². The van der Waals surface area contributed by atoms with Crippen molar-refractivity contribution in [1.82, 2.24) is 9.97 Å². The summed E-state index contributed by atoms with van der Waals surface area (Å²) in [6.45, 7) is 1.69. The van der Waals surface area contributed by atoms with Crippen LogP contribution in [0.25, 0.3) is 0 Å². The van der Waals surface area contributed by atoms with Crippen molar-refractivity contribution < 1.29 is 13.2 Å². The Morgan fingerprint density at radius 1 is 1.29 bits per heavy atom. The van der Waals surface area contributed by atoms with Gasteiger partial charge < -0.3 is 4.74 Å². The lowest BCUT2D eigenvalue weighted by molar-refractivity contribution is 0.403. The van der Waals surface area contributed by atoms with Crippen molar-refractivity contribution in [3.05, 3.63) is 39.6 Å². The van der Waals surface area contributed by atoms with Gasteiger partial charge in [-0.05, 0) is 31.2 Å². The lowest BCUT2D eigenvalue weighted by Gasteiger charge is -2.11. The predicted octanol–water partition coefficient (Wildman–Crippen LogP) is 3.01. The van der Waals surface area contributed by atoms with Crippen molar-refractivity contribution in [3.8, 4) is 5.75 Å². The molecule has 0 amide bonds. The molecule has 1 heterocycles. The van der Waals surface area contributed by atoms with E-state index in [4.69, 9.17) is 16.3 Å².